The van der Waals surface area contributed by atoms with Gasteiger partial charge in [0.05, 0.1) is 17.3 Å². The van der Waals surface area contributed by atoms with Crippen LogP contribution >= 0.6 is 11.3 Å². The summed E-state index contributed by atoms with van der Waals surface area (Å²) in [6.45, 7) is 12.7. The van der Waals surface area contributed by atoms with Gasteiger partial charge in [0.25, 0.3) is 0 Å². The van der Waals surface area contributed by atoms with E-state index in [4.69, 9.17) is 10.1 Å². The van der Waals surface area contributed by atoms with Gasteiger partial charge in [-0.05, 0) is 66.8 Å². The summed E-state index contributed by atoms with van der Waals surface area (Å²) in [6.07, 6.45) is 4.80. The normalized spacial score (nSPS) is 22.2. The third kappa shape index (κ3) is 3.79. The van der Waals surface area contributed by atoms with E-state index in [9.17, 15) is 0 Å². The third-order valence-corrected chi connectivity index (χ3v) is 8.03. The Kier molecular flexibility index (Phi) is 5.41. The predicted molar refractivity (Wildman–Crippen MR) is 118 cm³/mol. The second kappa shape index (κ2) is 7.55. The molecule has 0 atom stereocenters. The van der Waals surface area contributed by atoms with Crippen molar-refractivity contribution in [2.24, 2.45) is 0 Å². The topological polar surface area (TPSA) is 36.4 Å². The first-order valence-corrected chi connectivity index (χ1v) is 11.6. The molecular weight excluding hydrogens is 364 g/mol. The molecule has 1 aliphatic heterocycles. The lowest BCUT2D eigenvalue weighted by atomic mass is 9.63. The van der Waals surface area contributed by atoms with Crippen LogP contribution in [0.1, 0.15) is 75.4 Å². The fraction of sp³-hybridized carbons (Fsp3) is 0.625. The fourth-order valence-electron chi connectivity index (χ4n) is 4.90. The third-order valence-electron chi connectivity index (χ3n) is 7.02. The zero-order chi connectivity index (χ0) is 19.9. The van der Waals surface area contributed by atoms with Gasteiger partial charge in [-0.2, -0.15) is 0 Å². The minimum absolute atomic E-state index is 0.235. The highest BCUT2D eigenvalue weighted by Gasteiger charge is 2.37. The van der Waals surface area contributed by atoms with Crippen molar-refractivity contribution >= 4 is 11.3 Å². The van der Waals surface area contributed by atoms with Crippen LogP contribution in [0.15, 0.2) is 23.6 Å². The first kappa shape index (κ1) is 20.1. The molecule has 4 heteroatoms. The van der Waals surface area contributed by atoms with Gasteiger partial charge < -0.3 is 10.0 Å². The molecule has 0 spiro atoms. The molecule has 0 saturated carbocycles. The lowest BCUT2D eigenvalue weighted by Crippen LogP contribution is -2.34. The minimum atomic E-state index is 0.235. The summed E-state index contributed by atoms with van der Waals surface area (Å²) in [7, 11) is 0. The van der Waals surface area contributed by atoms with Crippen molar-refractivity contribution < 1.29 is 5.11 Å². The molecule has 2 aromatic rings. The maximum Gasteiger partial charge on any atom is 0.0964 e. The number of nitrogens with zero attached hydrogens (tertiary/aromatic N) is 2. The zero-order valence-corrected chi connectivity index (χ0v) is 18.6. The molecule has 4 rings (SSSR count). The van der Waals surface area contributed by atoms with Crippen LogP contribution in [0.25, 0.3) is 11.3 Å². The SMILES string of the molecule is CC1(C)CCC(C)(C)c2cc(-c3csc(C4CCN(CCO)CC4)n3)ccc21. The summed E-state index contributed by atoms with van der Waals surface area (Å²) in [6, 6.07) is 7.06. The molecular formula is C24H34N2OS. The summed E-state index contributed by atoms with van der Waals surface area (Å²) in [5.74, 6) is 0.571. The number of thiazole rings is 1. The number of aliphatic hydroxyl groups excluding tert-OH is 1. The highest BCUT2D eigenvalue weighted by atomic mass is 32.1. The summed E-state index contributed by atoms with van der Waals surface area (Å²) < 4.78 is 0. The molecule has 152 valence electrons. The van der Waals surface area contributed by atoms with E-state index in [-0.39, 0.29) is 17.4 Å². The molecule has 1 aromatic carbocycles. The molecule has 1 saturated heterocycles. The van der Waals surface area contributed by atoms with Crippen LogP contribution in [0.2, 0.25) is 0 Å². The van der Waals surface area contributed by atoms with Crippen LogP contribution in [0.4, 0.5) is 0 Å². The molecule has 1 aromatic heterocycles. The number of piperidine rings is 1. The molecule has 0 radical (unpaired) electrons. The number of fused-ring (bicyclic) bond motifs is 1. The lowest BCUT2D eigenvalue weighted by molar-refractivity contribution is 0.164. The van der Waals surface area contributed by atoms with Crippen LogP contribution in [-0.4, -0.2) is 41.2 Å². The first-order chi connectivity index (χ1) is 13.3. The monoisotopic (exact) mass is 398 g/mol. The average molecular weight is 399 g/mol. The Morgan fingerprint density at radius 2 is 1.75 bits per heavy atom. The molecule has 1 aliphatic carbocycles. The van der Waals surface area contributed by atoms with Crippen LogP contribution in [0, 0.1) is 0 Å². The number of β-amino-alcohol motifs (C(OH)–C–C–N with tert-alkyl or cyclic N) is 1. The van der Waals surface area contributed by atoms with Crippen LogP contribution in [-0.2, 0) is 10.8 Å². The Bertz CT molecular complexity index is 831. The number of benzene rings is 1. The van der Waals surface area contributed by atoms with Crippen LogP contribution in [0.3, 0.4) is 0 Å². The minimum Gasteiger partial charge on any atom is -0.395 e. The van der Waals surface area contributed by atoms with E-state index in [0.29, 0.717) is 5.92 Å². The Morgan fingerprint density at radius 3 is 2.43 bits per heavy atom. The second-order valence-electron chi connectivity index (χ2n) is 9.94. The van der Waals surface area contributed by atoms with Crippen LogP contribution < -0.4 is 0 Å². The van der Waals surface area contributed by atoms with E-state index in [1.807, 2.05) is 11.3 Å². The number of hydrogen-bond donors (Lipinski definition) is 1. The molecule has 2 aliphatic rings. The molecule has 0 amide bonds. The van der Waals surface area contributed by atoms with Gasteiger partial charge in [-0.3, -0.25) is 0 Å². The Balaban J connectivity index is 1.57. The van der Waals surface area contributed by atoms with Crippen molar-refractivity contribution in [3.63, 3.8) is 0 Å². The summed E-state index contributed by atoms with van der Waals surface area (Å²) in [5.41, 5.74) is 5.93. The fourth-order valence-corrected chi connectivity index (χ4v) is 5.90. The van der Waals surface area contributed by atoms with Gasteiger partial charge >= 0.3 is 0 Å². The molecule has 0 bridgehead atoms. The number of rotatable bonds is 4. The highest BCUT2D eigenvalue weighted by Crippen LogP contribution is 2.47. The summed E-state index contributed by atoms with van der Waals surface area (Å²) in [5, 5.41) is 12.7. The van der Waals surface area contributed by atoms with E-state index in [2.05, 4.69) is 56.2 Å². The molecule has 2 heterocycles. The maximum absolute atomic E-state index is 9.13. The van der Waals surface area contributed by atoms with E-state index in [0.717, 1.165) is 38.2 Å². The average Bonchev–Trinajstić information content (AvgIpc) is 3.16. The number of aliphatic hydroxyl groups is 1. The molecule has 28 heavy (non-hydrogen) atoms. The van der Waals surface area contributed by atoms with Gasteiger partial charge in [0.2, 0.25) is 0 Å². The molecule has 1 N–H and O–H groups in total. The largest absolute Gasteiger partial charge is 0.395 e. The smallest absolute Gasteiger partial charge is 0.0964 e. The quantitative estimate of drug-likeness (QED) is 0.756. The second-order valence-corrected chi connectivity index (χ2v) is 10.8. The number of hydrogen-bond acceptors (Lipinski definition) is 4. The van der Waals surface area contributed by atoms with Gasteiger partial charge in [0, 0.05) is 23.4 Å². The van der Waals surface area contributed by atoms with Crippen LogP contribution in [0.5, 0.6) is 0 Å². The van der Waals surface area contributed by atoms with E-state index in [1.165, 1.54) is 34.5 Å². The standard InChI is InChI=1S/C24H34N2OS/c1-23(2)9-10-24(3,4)20-15-18(5-6-19(20)23)21-16-28-22(25-21)17-7-11-26(12-8-17)13-14-27/h5-6,15-17,27H,7-14H2,1-4H3. The van der Waals surface area contributed by atoms with E-state index in [1.54, 1.807) is 0 Å². The molecule has 3 nitrogen and oxygen atoms in total. The predicted octanol–water partition coefficient (Wildman–Crippen LogP) is 5.33. The number of aromatic nitrogens is 1. The Morgan fingerprint density at radius 1 is 1.07 bits per heavy atom. The lowest BCUT2D eigenvalue weighted by Gasteiger charge is -2.42. The van der Waals surface area contributed by atoms with E-state index >= 15 is 0 Å². The first-order valence-electron chi connectivity index (χ1n) is 10.7. The molecule has 1 fully saturated rings. The van der Waals surface area contributed by atoms with Gasteiger partial charge in [-0.1, -0.05) is 39.8 Å². The summed E-state index contributed by atoms with van der Waals surface area (Å²) >= 11 is 1.82. The van der Waals surface area contributed by atoms with Gasteiger partial charge in [-0.25, -0.2) is 4.98 Å². The van der Waals surface area contributed by atoms with Crippen molar-refractivity contribution in [2.45, 2.75) is 70.1 Å². The number of likely N-dealkylation sites (tertiary alicyclic amines) is 1. The summed E-state index contributed by atoms with van der Waals surface area (Å²) in [4.78, 5) is 7.42. The Labute approximate surface area is 173 Å². The van der Waals surface area contributed by atoms with Gasteiger partial charge in [-0.15, -0.1) is 11.3 Å². The van der Waals surface area contributed by atoms with Gasteiger partial charge in [0.15, 0.2) is 0 Å². The zero-order valence-electron chi connectivity index (χ0n) is 17.8. The van der Waals surface area contributed by atoms with Crippen molar-refractivity contribution in [3.05, 3.63) is 39.7 Å². The van der Waals surface area contributed by atoms with Gasteiger partial charge in [0.1, 0.15) is 0 Å². The van der Waals surface area contributed by atoms with Crippen molar-refractivity contribution in [1.29, 1.82) is 0 Å². The maximum atomic E-state index is 9.13. The van der Waals surface area contributed by atoms with Crippen molar-refractivity contribution in [1.82, 2.24) is 9.88 Å². The van der Waals surface area contributed by atoms with E-state index < -0.39 is 0 Å². The van der Waals surface area contributed by atoms with Crippen molar-refractivity contribution in [2.75, 3.05) is 26.2 Å². The Hall–Kier alpha value is -1.23. The highest BCUT2D eigenvalue weighted by molar-refractivity contribution is 7.10. The molecule has 0 unspecified atom stereocenters. The van der Waals surface area contributed by atoms with Crippen molar-refractivity contribution in [3.8, 4) is 11.3 Å².